The normalized spacial score (nSPS) is 15.0. The summed E-state index contributed by atoms with van der Waals surface area (Å²) in [4.78, 5) is 24.3. The summed E-state index contributed by atoms with van der Waals surface area (Å²) in [6.07, 6.45) is 5.41. The van der Waals surface area contributed by atoms with Crippen LogP contribution in [0.15, 0.2) is 12.1 Å². The summed E-state index contributed by atoms with van der Waals surface area (Å²) in [6.45, 7) is 0.783. The van der Waals surface area contributed by atoms with Crippen LogP contribution in [0.3, 0.4) is 0 Å². The van der Waals surface area contributed by atoms with E-state index in [1.54, 1.807) is 12.1 Å². The molecule has 24 heavy (non-hydrogen) atoms. The zero-order valence-electron chi connectivity index (χ0n) is 13.7. The molecular formula is C17H22ClIN2O3. The summed E-state index contributed by atoms with van der Waals surface area (Å²) in [5.74, 6) is 0.438. The zero-order valence-corrected chi connectivity index (χ0v) is 16.6. The van der Waals surface area contributed by atoms with Crippen molar-refractivity contribution < 1.29 is 14.3 Å². The highest BCUT2D eigenvalue weighted by atomic mass is 127. The largest absolute Gasteiger partial charge is 0.496 e. The minimum atomic E-state index is -0.267. The van der Waals surface area contributed by atoms with E-state index in [-0.39, 0.29) is 17.7 Å². The van der Waals surface area contributed by atoms with E-state index in [1.807, 2.05) is 0 Å². The van der Waals surface area contributed by atoms with Gasteiger partial charge in [0.15, 0.2) is 0 Å². The highest BCUT2D eigenvalue weighted by Gasteiger charge is 2.20. The molecule has 1 aliphatic carbocycles. The summed E-state index contributed by atoms with van der Waals surface area (Å²) in [7, 11) is 1.51. The van der Waals surface area contributed by atoms with Crippen molar-refractivity contribution in [1.82, 2.24) is 10.6 Å². The topological polar surface area (TPSA) is 67.4 Å². The minimum Gasteiger partial charge on any atom is -0.496 e. The quantitative estimate of drug-likeness (QED) is 0.501. The third-order valence-corrected chi connectivity index (χ3v) is 5.70. The fourth-order valence-electron chi connectivity index (χ4n) is 2.84. The van der Waals surface area contributed by atoms with E-state index in [0.29, 0.717) is 29.4 Å². The van der Waals surface area contributed by atoms with Crippen LogP contribution >= 0.6 is 34.2 Å². The molecule has 2 N–H and O–H groups in total. The number of halogens is 2. The number of hydrogen-bond donors (Lipinski definition) is 2. The van der Waals surface area contributed by atoms with E-state index in [2.05, 4.69) is 33.2 Å². The van der Waals surface area contributed by atoms with Crippen LogP contribution in [0.5, 0.6) is 5.75 Å². The third-order valence-electron chi connectivity index (χ3n) is 4.17. The Morgan fingerprint density at radius 3 is 2.54 bits per heavy atom. The second-order valence-electron chi connectivity index (χ2n) is 5.85. The van der Waals surface area contributed by atoms with Gasteiger partial charge in [0, 0.05) is 22.6 Å². The van der Waals surface area contributed by atoms with Crippen LogP contribution in [0.1, 0.15) is 42.5 Å². The van der Waals surface area contributed by atoms with E-state index in [4.69, 9.17) is 16.3 Å². The van der Waals surface area contributed by atoms with Crippen LogP contribution in [0.2, 0.25) is 5.02 Å². The predicted octanol–water partition coefficient (Wildman–Crippen LogP) is 3.38. The number of carbonyl (C=O) groups excluding carboxylic acids is 2. The standard InChI is InChI=1S/C17H22ClIN2O3/c1-24-15-10-14(19)13(18)9-12(15)17(23)21-8-7-20-16(22)11-5-3-2-4-6-11/h9-11H,2-8H2,1H3,(H,20,22)(H,21,23). The smallest absolute Gasteiger partial charge is 0.255 e. The monoisotopic (exact) mass is 464 g/mol. The van der Waals surface area contributed by atoms with Gasteiger partial charge >= 0.3 is 0 Å². The van der Waals surface area contributed by atoms with E-state index >= 15 is 0 Å². The number of hydrogen-bond acceptors (Lipinski definition) is 3. The van der Waals surface area contributed by atoms with Crippen molar-refractivity contribution >= 4 is 46.0 Å². The Hall–Kier alpha value is -1.02. The van der Waals surface area contributed by atoms with Gasteiger partial charge in [0.1, 0.15) is 5.75 Å². The Kier molecular flexibility index (Phi) is 7.61. The summed E-state index contributed by atoms with van der Waals surface area (Å²) in [5, 5.41) is 6.19. The Bertz CT molecular complexity index is 604. The van der Waals surface area contributed by atoms with Crippen LogP contribution < -0.4 is 15.4 Å². The van der Waals surface area contributed by atoms with Crippen LogP contribution in [-0.2, 0) is 4.79 Å². The van der Waals surface area contributed by atoms with E-state index in [1.165, 1.54) is 13.5 Å². The van der Waals surface area contributed by atoms with Crippen molar-refractivity contribution in [1.29, 1.82) is 0 Å². The minimum absolute atomic E-state index is 0.0961. The summed E-state index contributed by atoms with van der Waals surface area (Å²) < 4.78 is 6.05. The van der Waals surface area contributed by atoms with Crippen LogP contribution in [0.4, 0.5) is 0 Å². The maximum atomic E-state index is 12.3. The van der Waals surface area contributed by atoms with E-state index in [0.717, 1.165) is 29.3 Å². The predicted molar refractivity (Wildman–Crippen MR) is 103 cm³/mol. The summed E-state index contributed by atoms with van der Waals surface area (Å²) in [5.41, 5.74) is 0.390. The first kappa shape index (κ1) is 19.3. The number of amides is 2. The number of ether oxygens (including phenoxy) is 1. The molecule has 2 rings (SSSR count). The van der Waals surface area contributed by atoms with Crippen molar-refractivity contribution in [3.63, 3.8) is 0 Å². The Labute approximate surface area is 161 Å². The zero-order chi connectivity index (χ0) is 17.5. The number of methoxy groups -OCH3 is 1. The second-order valence-corrected chi connectivity index (χ2v) is 7.42. The van der Waals surface area contributed by atoms with Gasteiger partial charge in [-0.1, -0.05) is 30.9 Å². The van der Waals surface area contributed by atoms with Crippen molar-refractivity contribution in [3.05, 3.63) is 26.3 Å². The molecule has 0 aromatic heterocycles. The van der Waals surface area contributed by atoms with Gasteiger partial charge in [-0.25, -0.2) is 0 Å². The Balaban J connectivity index is 1.81. The molecule has 0 spiro atoms. The number of rotatable bonds is 6. The summed E-state index contributed by atoms with van der Waals surface area (Å²) in [6, 6.07) is 3.32. The van der Waals surface area contributed by atoms with Gasteiger partial charge in [0.05, 0.1) is 17.7 Å². The molecule has 0 bridgehead atoms. The highest BCUT2D eigenvalue weighted by molar-refractivity contribution is 14.1. The molecule has 0 saturated heterocycles. The molecule has 0 unspecified atom stereocenters. The molecule has 1 aromatic rings. The Morgan fingerprint density at radius 1 is 1.21 bits per heavy atom. The first-order valence-electron chi connectivity index (χ1n) is 8.12. The van der Waals surface area contributed by atoms with Gasteiger partial charge in [0.25, 0.3) is 5.91 Å². The lowest BCUT2D eigenvalue weighted by Gasteiger charge is -2.20. The molecule has 0 heterocycles. The lowest BCUT2D eigenvalue weighted by Crippen LogP contribution is -2.38. The number of carbonyl (C=O) groups is 2. The molecule has 5 nitrogen and oxygen atoms in total. The fraction of sp³-hybridized carbons (Fsp3) is 0.529. The van der Waals surface area contributed by atoms with Gasteiger partial charge in [-0.2, -0.15) is 0 Å². The van der Waals surface area contributed by atoms with Gasteiger partial charge in [-0.05, 0) is 47.6 Å². The molecule has 1 aliphatic rings. The van der Waals surface area contributed by atoms with Crippen molar-refractivity contribution in [3.8, 4) is 5.75 Å². The van der Waals surface area contributed by atoms with Crippen LogP contribution in [0.25, 0.3) is 0 Å². The van der Waals surface area contributed by atoms with Crippen molar-refractivity contribution in [2.75, 3.05) is 20.2 Å². The fourth-order valence-corrected chi connectivity index (χ4v) is 3.44. The van der Waals surface area contributed by atoms with E-state index < -0.39 is 0 Å². The van der Waals surface area contributed by atoms with Crippen LogP contribution in [0, 0.1) is 9.49 Å². The van der Waals surface area contributed by atoms with E-state index in [9.17, 15) is 9.59 Å². The molecule has 0 aliphatic heterocycles. The van der Waals surface area contributed by atoms with Crippen molar-refractivity contribution in [2.24, 2.45) is 5.92 Å². The maximum Gasteiger partial charge on any atom is 0.255 e. The average Bonchev–Trinajstić information content (AvgIpc) is 2.61. The average molecular weight is 465 g/mol. The molecule has 132 valence electrons. The molecule has 1 aromatic carbocycles. The Morgan fingerprint density at radius 2 is 1.88 bits per heavy atom. The lowest BCUT2D eigenvalue weighted by atomic mass is 9.89. The molecule has 1 fully saturated rings. The van der Waals surface area contributed by atoms with Gasteiger partial charge in [-0.3, -0.25) is 9.59 Å². The second kappa shape index (κ2) is 9.46. The summed E-state index contributed by atoms with van der Waals surface area (Å²) >= 11 is 8.16. The van der Waals surface area contributed by atoms with Gasteiger partial charge in [-0.15, -0.1) is 0 Å². The van der Waals surface area contributed by atoms with Crippen molar-refractivity contribution in [2.45, 2.75) is 32.1 Å². The molecular weight excluding hydrogens is 443 g/mol. The highest BCUT2D eigenvalue weighted by Crippen LogP contribution is 2.28. The lowest BCUT2D eigenvalue weighted by molar-refractivity contribution is -0.125. The molecule has 0 radical (unpaired) electrons. The molecule has 2 amide bonds. The molecule has 0 atom stereocenters. The van der Waals surface area contributed by atoms with Gasteiger partial charge < -0.3 is 15.4 Å². The first-order valence-corrected chi connectivity index (χ1v) is 9.57. The maximum absolute atomic E-state index is 12.3. The molecule has 7 heteroatoms. The van der Waals surface area contributed by atoms with Crippen LogP contribution in [-0.4, -0.2) is 32.0 Å². The number of nitrogens with one attached hydrogen (secondary N) is 2. The van der Waals surface area contributed by atoms with Gasteiger partial charge in [0.2, 0.25) is 5.91 Å². The third kappa shape index (κ3) is 5.24. The molecule has 1 saturated carbocycles. The first-order chi connectivity index (χ1) is 11.5. The SMILES string of the molecule is COc1cc(I)c(Cl)cc1C(=O)NCCNC(=O)C1CCCCC1. The number of benzene rings is 1.